The Balaban J connectivity index is 1.67. The molecule has 0 radical (unpaired) electrons. The van der Waals surface area contributed by atoms with Gasteiger partial charge in [0.1, 0.15) is 0 Å². The van der Waals surface area contributed by atoms with Crippen molar-refractivity contribution in [3.05, 3.63) is 54.0 Å². The summed E-state index contributed by atoms with van der Waals surface area (Å²) in [6.45, 7) is 11.3. The third-order valence-corrected chi connectivity index (χ3v) is 7.49. The van der Waals surface area contributed by atoms with Gasteiger partial charge in [-0.25, -0.2) is 8.42 Å². The maximum Gasteiger partial charge on any atom is 0.287 e. The van der Waals surface area contributed by atoms with Crippen molar-refractivity contribution in [1.82, 2.24) is 10.2 Å². The second-order valence-corrected chi connectivity index (χ2v) is 11.2. The lowest BCUT2D eigenvalue weighted by atomic mass is 9.88. The predicted molar refractivity (Wildman–Crippen MR) is 117 cm³/mol. The van der Waals surface area contributed by atoms with Crippen LogP contribution in [0.2, 0.25) is 0 Å². The van der Waals surface area contributed by atoms with E-state index in [9.17, 15) is 13.2 Å². The topological polar surface area (TPSA) is 79.6 Å². The number of nitrogens with zero attached hydrogens (tertiary/aromatic N) is 1. The molecule has 0 saturated carbocycles. The first-order chi connectivity index (χ1) is 14.1. The van der Waals surface area contributed by atoms with Gasteiger partial charge in [0.15, 0.2) is 15.6 Å². The molecule has 1 fully saturated rings. The molecule has 0 aliphatic carbocycles. The number of furan rings is 1. The van der Waals surface area contributed by atoms with Crippen molar-refractivity contribution in [3.63, 3.8) is 0 Å². The molecule has 1 aliphatic heterocycles. The van der Waals surface area contributed by atoms with Gasteiger partial charge >= 0.3 is 0 Å². The number of benzene rings is 1. The smallest absolute Gasteiger partial charge is 0.287 e. The van der Waals surface area contributed by atoms with E-state index in [0.717, 1.165) is 13.1 Å². The third kappa shape index (κ3) is 5.32. The SMILES string of the molecule is CC1CC(C)CN(C(C)(C)CNC(=O)c2occc2CS(=O)(=O)c2ccccc2)C1. The van der Waals surface area contributed by atoms with E-state index in [1.165, 1.54) is 12.7 Å². The molecule has 2 atom stereocenters. The quantitative estimate of drug-likeness (QED) is 0.721. The Morgan fingerprint density at radius 2 is 1.77 bits per heavy atom. The number of amides is 1. The van der Waals surface area contributed by atoms with E-state index in [-0.39, 0.29) is 27.9 Å². The van der Waals surface area contributed by atoms with Crippen LogP contribution < -0.4 is 5.32 Å². The van der Waals surface area contributed by atoms with E-state index in [2.05, 4.69) is 37.9 Å². The highest BCUT2D eigenvalue weighted by Gasteiger charge is 2.33. The van der Waals surface area contributed by atoms with Crippen LogP contribution in [-0.4, -0.2) is 44.4 Å². The van der Waals surface area contributed by atoms with E-state index in [4.69, 9.17) is 4.42 Å². The molecular weight excluding hydrogens is 400 g/mol. The molecule has 1 aliphatic rings. The number of hydrogen-bond donors (Lipinski definition) is 1. The molecule has 164 valence electrons. The highest BCUT2D eigenvalue weighted by molar-refractivity contribution is 7.90. The first kappa shape index (κ1) is 22.6. The molecule has 1 aromatic heterocycles. The molecule has 1 amide bonds. The molecule has 1 aromatic carbocycles. The maximum atomic E-state index is 12.8. The molecule has 3 rings (SSSR count). The Morgan fingerprint density at radius 1 is 1.13 bits per heavy atom. The van der Waals surface area contributed by atoms with Gasteiger partial charge in [0.25, 0.3) is 5.91 Å². The Kier molecular flexibility index (Phi) is 6.72. The van der Waals surface area contributed by atoms with E-state index in [1.807, 2.05) is 0 Å². The van der Waals surface area contributed by atoms with Crippen LogP contribution in [0.15, 0.2) is 52.0 Å². The zero-order chi connectivity index (χ0) is 21.9. The lowest BCUT2D eigenvalue weighted by Crippen LogP contribution is -2.56. The summed E-state index contributed by atoms with van der Waals surface area (Å²) in [5, 5.41) is 2.95. The highest BCUT2D eigenvalue weighted by Crippen LogP contribution is 2.27. The maximum absolute atomic E-state index is 12.8. The van der Waals surface area contributed by atoms with Gasteiger partial charge in [-0.15, -0.1) is 0 Å². The first-order valence-electron chi connectivity index (χ1n) is 10.5. The van der Waals surface area contributed by atoms with Crippen molar-refractivity contribution >= 4 is 15.7 Å². The number of piperidine rings is 1. The normalized spacial score (nSPS) is 20.8. The van der Waals surface area contributed by atoms with Crippen molar-refractivity contribution in [2.45, 2.75) is 50.3 Å². The summed E-state index contributed by atoms with van der Waals surface area (Å²) in [6.07, 6.45) is 2.59. The summed E-state index contributed by atoms with van der Waals surface area (Å²) >= 11 is 0. The number of sulfone groups is 1. The van der Waals surface area contributed by atoms with Crippen LogP contribution in [0.3, 0.4) is 0 Å². The van der Waals surface area contributed by atoms with E-state index >= 15 is 0 Å². The molecule has 2 aromatic rings. The van der Waals surface area contributed by atoms with Gasteiger partial charge in [-0.1, -0.05) is 32.0 Å². The average Bonchev–Trinajstić information content (AvgIpc) is 3.13. The fraction of sp³-hybridized carbons (Fsp3) is 0.522. The summed E-state index contributed by atoms with van der Waals surface area (Å²) in [5.41, 5.74) is 0.163. The van der Waals surface area contributed by atoms with E-state index in [1.54, 1.807) is 36.4 Å². The van der Waals surface area contributed by atoms with Crippen molar-refractivity contribution in [3.8, 4) is 0 Å². The summed E-state index contributed by atoms with van der Waals surface area (Å²) < 4.78 is 30.7. The van der Waals surface area contributed by atoms with Crippen molar-refractivity contribution < 1.29 is 17.6 Å². The number of carbonyl (C=O) groups excluding carboxylic acids is 1. The van der Waals surface area contributed by atoms with E-state index < -0.39 is 9.84 Å². The zero-order valence-corrected chi connectivity index (χ0v) is 19.0. The molecular formula is C23H32N2O4S. The fourth-order valence-electron chi connectivity index (χ4n) is 4.21. The molecule has 0 spiro atoms. The third-order valence-electron chi connectivity index (χ3n) is 5.81. The number of nitrogens with one attached hydrogen (secondary N) is 1. The standard InChI is InChI=1S/C23H32N2O4S/c1-17-12-18(2)14-25(13-17)23(3,4)16-24-22(26)21-19(10-11-29-21)15-30(27,28)20-8-6-5-7-9-20/h5-11,17-18H,12-16H2,1-4H3,(H,24,26). The Bertz CT molecular complexity index is 956. The van der Waals surface area contributed by atoms with Gasteiger partial charge in [-0.05, 0) is 50.3 Å². The predicted octanol–water partition coefficient (Wildman–Crippen LogP) is 3.74. The van der Waals surface area contributed by atoms with Crippen molar-refractivity contribution in [2.24, 2.45) is 11.8 Å². The Labute approximate surface area is 179 Å². The van der Waals surface area contributed by atoms with Crippen LogP contribution in [0.4, 0.5) is 0 Å². The summed E-state index contributed by atoms with van der Waals surface area (Å²) in [5.74, 6) is 0.656. The summed E-state index contributed by atoms with van der Waals surface area (Å²) in [7, 11) is -3.56. The van der Waals surface area contributed by atoms with Gasteiger partial charge in [0, 0.05) is 30.7 Å². The molecule has 1 saturated heterocycles. The van der Waals surface area contributed by atoms with E-state index in [0.29, 0.717) is 23.9 Å². The first-order valence-corrected chi connectivity index (χ1v) is 12.1. The van der Waals surface area contributed by atoms with Crippen LogP contribution in [0.1, 0.15) is 50.2 Å². The molecule has 7 heteroatoms. The minimum absolute atomic E-state index is 0.0608. The lowest BCUT2D eigenvalue weighted by Gasteiger charge is -2.45. The Hall–Kier alpha value is -2.12. The molecule has 30 heavy (non-hydrogen) atoms. The molecule has 0 bridgehead atoms. The van der Waals surface area contributed by atoms with Gasteiger partial charge in [-0.3, -0.25) is 9.69 Å². The zero-order valence-electron chi connectivity index (χ0n) is 18.2. The summed E-state index contributed by atoms with van der Waals surface area (Å²) in [6, 6.07) is 9.78. The monoisotopic (exact) mass is 432 g/mol. The fourth-order valence-corrected chi connectivity index (χ4v) is 5.59. The second kappa shape index (κ2) is 8.94. The largest absolute Gasteiger partial charge is 0.459 e. The number of carbonyl (C=O) groups is 1. The lowest BCUT2D eigenvalue weighted by molar-refractivity contribution is 0.0441. The number of rotatable bonds is 7. The van der Waals surface area contributed by atoms with Crippen molar-refractivity contribution in [2.75, 3.05) is 19.6 Å². The Morgan fingerprint density at radius 3 is 2.40 bits per heavy atom. The number of likely N-dealkylation sites (tertiary alicyclic amines) is 1. The van der Waals surface area contributed by atoms with Crippen LogP contribution in [0.5, 0.6) is 0 Å². The summed E-state index contributed by atoms with van der Waals surface area (Å²) in [4.78, 5) is 15.4. The average molecular weight is 433 g/mol. The number of hydrogen-bond acceptors (Lipinski definition) is 5. The van der Waals surface area contributed by atoms with Crippen LogP contribution in [0, 0.1) is 11.8 Å². The molecule has 1 N–H and O–H groups in total. The van der Waals surface area contributed by atoms with Gasteiger partial charge in [0.2, 0.25) is 0 Å². The van der Waals surface area contributed by atoms with Crippen molar-refractivity contribution in [1.29, 1.82) is 0 Å². The molecule has 2 unspecified atom stereocenters. The molecule has 6 nitrogen and oxygen atoms in total. The molecule has 2 heterocycles. The van der Waals surface area contributed by atoms with Crippen LogP contribution >= 0.6 is 0 Å². The highest BCUT2D eigenvalue weighted by atomic mass is 32.2. The minimum atomic E-state index is -3.56. The van der Waals surface area contributed by atoms with Crippen LogP contribution in [-0.2, 0) is 15.6 Å². The van der Waals surface area contributed by atoms with Gasteiger partial charge < -0.3 is 9.73 Å². The minimum Gasteiger partial charge on any atom is -0.459 e. The van der Waals surface area contributed by atoms with Crippen LogP contribution in [0.25, 0.3) is 0 Å². The van der Waals surface area contributed by atoms with Gasteiger partial charge in [0.05, 0.1) is 16.9 Å². The van der Waals surface area contributed by atoms with Gasteiger partial charge in [-0.2, -0.15) is 0 Å². The second-order valence-electron chi connectivity index (χ2n) is 9.19.